The Morgan fingerprint density at radius 3 is 2.53 bits per heavy atom. The maximum Gasteiger partial charge on any atom is 0.345 e. The second-order valence-corrected chi connectivity index (χ2v) is 4.87. The van der Waals surface area contributed by atoms with Crippen LogP contribution in [0.25, 0.3) is 0 Å². The van der Waals surface area contributed by atoms with Gasteiger partial charge in [-0.15, -0.1) is 11.3 Å². The number of rotatable bonds is 7. The number of thiophene rings is 1. The number of aromatic carboxylic acids is 1. The first kappa shape index (κ1) is 13.7. The smallest absolute Gasteiger partial charge is 0.345 e. The molecule has 0 aliphatic carbocycles. The Kier molecular flexibility index (Phi) is 5.69. The van der Waals surface area contributed by atoms with E-state index in [1.807, 2.05) is 0 Å². The average Bonchev–Trinajstić information content (AvgIpc) is 2.78. The lowest BCUT2D eigenvalue weighted by atomic mass is 10.2. The topological polar surface area (TPSA) is 66.4 Å². The number of carbonyl (C=O) groups excluding carboxylic acids is 1. The predicted octanol–water partition coefficient (Wildman–Crippen LogP) is 2.76. The van der Waals surface area contributed by atoms with Crippen LogP contribution in [0.3, 0.4) is 0 Å². The van der Waals surface area contributed by atoms with E-state index in [1.165, 1.54) is 18.9 Å². The van der Waals surface area contributed by atoms with Crippen molar-refractivity contribution in [2.24, 2.45) is 0 Å². The normalized spacial score (nSPS) is 10.2. The zero-order valence-corrected chi connectivity index (χ0v) is 10.7. The number of hydrogen-bond acceptors (Lipinski definition) is 3. The molecule has 0 aliphatic rings. The van der Waals surface area contributed by atoms with Crippen LogP contribution in [0.2, 0.25) is 0 Å². The Morgan fingerprint density at radius 2 is 1.94 bits per heavy atom. The van der Waals surface area contributed by atoms with Gasteiger partial charge < -0.3 is 10.4 Å². The molecule has 1 aromatic rings. The van der Waals surface area contributed by atoms with E-state index < -0.39 is 5.97 Å². The molecule has 0 spiro atoms. The van der Waals surface area contributed by atoms with E-state index in [0.717, 1.165) is 24.2 Å². The van der Waals surface area contributed by atoms with Crippen molar-refractivity contribution in [3.05, 3.63) is 21.9 Å². The molecule has 5 heteroatoms. The fourth-order valence-corrected chi connectivity index (χ4v) is 2.18. The molecule has 1 rings (SSSR count). The summed E-state index contributed by atoms with van der Waals surface area (Å²) in [5, 5.41) is 11.5. The van der Waals surface area contributed by atoms with Gasteiger partial charge >= 0.3 is 5.97 Å². The molecule has 2 N–H and O–H groups in total. The van der Waals surface area contributed by atoms with Crippen LogP contribution in [-0.2, 0) is 0 Å². The van der Waals surface area contributed by atoms with Gasteiger partial charge in [0.25, 0.3) is 5.91 Å². The largest absolute Gasteiger partial charge is 0.477 e. The second-order valence-electron chi connectivity index (χ2n) is 3.79. The molecule has 1 heterocycles. The first-order chi connectivity index (χ1) is 8.15. The molecular weight excluding hydrogens is 238 g/mol. The molecular formula is C12H17NO3S. The summed E-state index contributed by atoms with van der Waals surface area (Å²) in [7, 11) is 0. The summed E-state index contributed by atoms with van der Waals surface area (Å²) in [6.45, 7) is 2.79. The van der Waals surface area contributed by atoms with Gasteiger partial charge in [0.1, 0.15) is 4.88 Å². The summed E-state index contributed by atoms with van der Waals surface area (Å²) in [6.07, 6.45) is 4.43. The first-order valence-electron chi connectivity index (χ1n) is 5.76. The van der Waals surface area contributed by atoms with Crippen molar-refractivity contribution in [2.75, 3.05) is 6.54 Å². The molecule has 0 bridgehead atoms. The van der Waals surface area contributed by atoms with E-state index in [2.05, 4.69) is 12.2 Å². The van der Waals surface area contributed by atoms with Gasteiger partial charge in [-0.25, -0.2) is 4.79 Å². The maximum absolute atomic E-state index is 11.6. The van der Waals surface area contributed by atoms with E-state index in [0.29, 0.717) is 11.4 Å². The molecule has 0 fully saturated rings. The molecule has 0 aliphatic heterocycles. The van der Waals surface area contributed by atoms with Crippen molar-refractivity contribution >= 4 is 23.2 Å². The summed E-state index contributed by atoms with van der Waals surface area (Å²) >= 11 is 1.01. The first-order valence-corrected chi connectivity index (χ1v) is 6.58. The van der Waals surface area contributed by atoms with Crippen molar-refractivity contribution in [1.82, 2.24) is 5.32 Å². The van der Waals surface area contributed by atoms with Gasteiger partial charge in [-0.2, -0.15) is 0 Å². The monoisotopic (exact) mass is 255 g/mol. The van der Waals surface area contributed by atoms with Gasteiger partial charge in [0.15, 0.2) is 0 Å². The number of hydrogen-bond donors (Lipinski definition) is 2. The van der Waals surface area contributed by atoms with Crippen LogP contribution in [0.15, 0.2) is 12.1 Å². The number of nitrogens with one attached hydrogen (secondary N) is 1. The summed E-state index contributed by atoms with van der Waals surface area (Å²) in [4.78, 5) is 22.9. The van der Waals surface area contributed by atoms with Gasteiger partial charge in [-0.3, -0.25) is 4.79 Å². The third-order valence-electron chi connectivity index (χ3n) is 2.36. The van der Waals surface area contributed by atoms with Crippen molar-refractivity contribution in [1.29, 1.82) is 0 Å². The lowest BCUT2D eigenvalue weighted by Gasteiger charge is -2.02. The number of amides is 1. The van der Waals surface area contributed by atoms with Crippen molar-refractivity contribution in [3.8, 4) is 0 Å². The molecule has 94 valence electrons. The third kappa shape index (κ3) is 4.56. The van der Waals surface area contributed by atoms with Crippen molar-refractivity contribution < 1.29 is 14.7 Å². The van der Waals surface area contributed by atoms with Crippen LogP contribution < -0.4 is 5.32 Å². The summed E-state index contributed by atoms with van der Waals surface area (Å²) in [5.74, 6) is -1.17. The molecule has 0 saturated carbocycles. The fourth-order valence-electron chi connectivity index (χ4n) is 1.42. The lowest BCUT2D eigenvalue weighted by Crippen LogP contribution is -2.23. The molecule has 0 radical (unpaired) electrons. The van der Waals surface area contributed by atoms with Crippen LogP contribution in [0.5, 0.6) is 0 Å². The van der Waals surface area contributed by atoms with Crippen molar-refractivity contribution in [3.63, 3.8) is 0 Å². The van der Waals surface area contributed by atoms with Crippen LogP contribution in [-0.4, -0.2) is 23.5 Å². The van der Waals surface area contributed by atoms with Crippen LogP contribution >= 0.6 is 11.3 Å². The number of unbranched alkanes of at least 4 members (excludes halogenated alkanes) is 3. The highest BCUT2D eigenvalue weighted by Crippen LogP contribution is 2.16. The lowest BCUT2D eigenvalue weighted by molar-refractivity contribution is 0.0702. The Labute approximate surface area is 105 Å². The van der Waals surface area contributed by atoms with E-state index in [9.17, 15) is 9.59 Å². The zero-order valence-electron chi connectivity index (χ0n) is 9.86. The van der Waals surface area contributed by atoms with Crippen LogP contribution in [0.4, 0.5) is 0 Å². The van der Waals surface area contributed by atoms with E-state index in [1.54, 1.807) is 6.07 Å². The van der Waals surface area contributed by atoms with Gasteiger partial charge in [-0.1, -0.05) is 26.2 Å². The molecule has 1 amide bonds. The summed E-state index contributed by atoms with van der Waals surface area (Å²) < 4.78 is 0. The SMILES string of the molecule is CCCCCCNC(=O)c1ccc(C(=O)O)s1. The number of carboxylic acid groups (broad SMARTS) is 1. The quantitative estimate of drug-likeness (QED) is 0.736. The minimum Gasteiger partial charge on any atom is -0.477 e. The van der Waals surface area contributed by atoms with Gasteiger partial charge in [0.05, 0.1) is 4.88 Å². The number of carboxylic acids is 1. The predicted molar refractivity (Wildman–Crippen MR) is 67.8 cm³/mol. The highest BCUT2D eigenvalue weighted by atomic mass is 32.1. The second kappa shape index (κ2) is 7.06. The molecule has 4 nitrogen and oxygen atoms in total. The Bertz CT molecular complexity index is 387. The van der Waals surface area contributed by atoms with Gasteiger partial charge in [0.2, 0.25) is 0 Å². The molecule has 17 heavy (non-hydrogen) atoms. The highest BCUT2D eigenvalue weighted by molar-refractivity contribution is 7.15. The Balaban J connectivity index is 2.34. The Hall–Kier alpha value is -1.36. The molecule has 1 aromatic heterocycles. The third-order valence-corrected chi connectivity index (χ3v) is 3.43. The minimum absolute atomic E-state index is 0.181. The molecule has 0 saturated heterocycles. The fraction of sp³-hybridized carbons (Fsp3) is 0.500. The maximum atomic E-state index is 11.6. The Morgan fingerprint density at radius 1 is 1.24 bits per heavy atom. The van der Waals surface area contributed by atoms with Crippen LogP contribution in [0, 0.1) is 0 Å². The van der Waals surface area contributed by atoms with Gasteiger partial charge in [0, 0.05) is 6.54 Å². The average molecular weight is 255 g/mol. The van der Waals surface area contributed by atoms with Gasteiger partial charge in [-0.05, 0) is 18.6 Å². The van der Waals surface area contributed by atoms with E-state index in [-0.39, 0.29) is 10.8 Å². The molecule has 0 aromatic carbocycles. The minimum atomic E-state index is -0.989. The molecule has 0 atom stereocenters. The van der Waals surface area contributed by atoms with Crippen molar-refractivity contribution in [2.45, 2.75) is 32.6 Å². The van der Waals surface area contributed by atoms with Crippen LogP contribution in [0.1, 0.15) is 52.0 Å². The zero-order chi connectivity index (χ0) is 12.7. The standard InChI is InChI=1S/C12H17NO3S/c1-2-3-4-5-8-13-11(14)9-6-7-10(17-9)12(15)16/h6-7H,2-5,8H2,1H3,(H,13,14)(H,15,16). The molecule has 0 unspecified atom stereocenters. The number of carbonyl (C=O) groups is 2. The highest BCUT2D eigenvalue weighted by Gasteiger charge is 2.11. The summed E-state index contributed by atoms with van der Waals surface area (Å²) in [5.41, 5.74) is 0. The van der Waals surface area contributed by atoms with E-state index in [4.69, 9.17) is 5.11 Å². The van der Waals surface area contributed by atoms with E-state index >= 15 is 0 Å². The summed E-state index contributed by atoms with van der Waals surface area (Å²) in [6, 6.07) is 3.01.